The molecule has 1 N–H and O–H groups in total. The minimum Gasteiger partial charge on any atom is -0.497 e. The van der Waals surface area contributed by atoms with Crippen LogP contribution < -0.4 is 10.1 Å². The molecule has 32 heavy (non-hydrogen) atoms. The molecule has 0 spiro atoms. The molecule has 0 aliphatic rings. The highest BCUT2D eigenvalue weighted by molar-refractivity contribution is 6.19. The van der Waals surface area contributed by atoms with Crippen LogP contribution in [0.25, 0.3) is 32.6 Å². The number of carbonyl (C=O) groups excluding carboxylic acids is 1. The summed E-state index contributed by atoms with van der Waals surface area (Å²) in [6, 6.07) is 21.9. The van der Waals surface area contributed by atoms with Gasteiger partial charge in [0.05, 0.1) is 19.2 Å². The molecule has 0 saturated carbocycles. The first-order valence-corrected chi connectivity index (χ1v) is 10.5. The summed E-state index contributed by atoms with van der Waals surface area (Å²) in [5.74, 6) is 0.927. The number of rotatable bonds is 5. The molecule has 160 valence electrons. The van der Waals surface area contributed by atoms with Crippen molar-refractivity contribution in [1.29, 1.82) is 0 Å². The third-order valence-corrected chi connectivity index (χ3v) is 5.71. The second kappa shape index (κ2) is 7.89. The van der Waals surface area contributed by atoms with Crippen LogP contribution in [0.4, 0.5) is 11.5 Å². The molecular weight excluding hydrogens is 402 g/mol. The smallest absolute Gasteiger partial charge is 0.357 e. The normalized spacial score (nSPS) is 11.2. The third-order valence-electron chi connectivity index (χ3n) is 5.71. The Morgan fingerprint density at radius 3 is 2.47 bits per heavy atom. The highest BCUT2D eigenvalue weighted by atomic mass is 16.5. The van der Waals surface area contributed by atoms with Crippen molar-refractivity contribution < 1.29 is 14.3 Å². The van der Waals surface area contributed by atoms with Crippen molar-refractivity contribution in [1.82, 2.24) is 9.55 Å². The van der Waals surface area contributed by atoms with Crippen molar-refractivity contribution in [2.75, 3.05) is 19.0 Å². The summed E-state index contributed by atoms with van der Waals surface area (Å²) in [5.41, 5.74) is 3.30. The average molecular weight is 425 g/mol. The molecule has 5 rings (SSSR count). The van der Waals surface area contributed by atoms with Crippen molar-refractivity contribution in [3.05, 3.63) is 72.4 Å². The maximum atomic E-state index is 12.6. The van der Waals surface area contributed by atoms with Gasteiger partial charge in [0.2, 0.25) is 0 Å². The van der Waals surface area contributed by atoms with Gasteiger partial charge >= 0.3 is 5.97 Å². The second-order valence-corrected chi connectivity index (χ2v) is 7.56. The Labute approximate surface area is 185 Å². The maximum absolute atomic E-state index is 12.6. The quantitative estimate of drug-likeness (QED) is 0.360. The van der Waals surface area contributed by atoms with E-state index in [0.29, 0.717) is 5.82 Å². The maximum Gasteiger partial charge on any atom is 0.357 e. The molecule has 2 aromatic heterocycles. The van der Waals surface area contributed by atoms with Crippen LogP contribution in [0.15, 0.2) is 66.7 Å². The Kier molecular flexibility index (Phi) is 4.90. The Bertz CT molecular complexity index is 1470. The summed E-state index contributed by atoms with van der Waals surface area (Å²) in [7, 11) is 3.68. The van der Waals surface area contributed by atoms with Crippen LogP contribution in [-0.4, -0.2) is 29.2 Å². The van der Waals surface area contributed by atoms with Crippen molar-refractivity contribution >= 4 is 50.1 Å². The number of ether oxygens (including phenoxy) is 2. The first-order chi connectivity index (χ1) is 15.6. The zero-order valence-electron chi connectivity index (χ0n) is 18.2. The van der Waals surface area contributed by atoms with E-state index >= 15 is 0 Å². The number of carbonyl (C=O) groups is 1. The van der Waals surface area contributed by atoms with Gasteiger partial charge in [-0.2, -0.15) is 0 Å². The summed E-state index contributed by atoms with van der Waals surface area (Å²) in [4.78, 5) is 17.3. The van der Waals surface area contributed by atoms with Gasteiger partial charge in [-0.3, -0.25) is 0 Å². The molecule has 0 aliphatic heterocycles. The molecule has 0 saturated heterocycles. The number of esters is 1. The van der Waals surface area contributed by atoms with Gasteiger partial charge in [-0.15, -0.1) is 0 Å². The highest BCUT2D eigenvalue weighted by Gasteiger charge is 2.18. The molecule has 5 aromatic rings. The standard InChI is InChI=1S/C26H23N3O3/c1-4-32-26(30)22-15-21-20(25(28-22)27-16-9-11-17(31-3)12-10-16)14-13-19-18-7-5-6-8-23(18)29(2)24(19)21/h5-15H,4H2,1-3H3,(H,27,28). The largest absolute Gasteiger partial charge is 0.497 e. The molecule has 0 bridgehead atoms. The van der Waals surface area contributed by atoms with Crippen LogP contribution >= 0.6 is 0 Å². The molecule has 0 atom stereocenters. The number of anilines is 2. The minimum absolute atomic E-state index is 0.271. The van der Waals surface area contributed by atoms with Gasteiger partial charge in [-0.05, 0) is 49.4 Å². The van der Waals surface area contributed by atoms with Gasteiger partial charge in [-0.25, -0.2) is 9.78 Å². The lowest BCUT2D eigenvalue weighted by Crippen LogP contribution is -2.09. The van der Waals surface area contributed by atoms with Crippen molar-refractivity contribution in [3.63, 3.8) is 0 Å². The number of nitrogens with one attached hydrogen (secondary N) is 1. The van der Waals surface area contributed by atoms with Gasteiger partial charge in [0.1, 0.15) is 11.6 Å². The van der Waals surface area contributed by atoms with Crippen LogP contribution in [0.5, 0.6) is 5.75 Å². The van der Waals surface area contributed by atoms with E-state index in [1.54, 1.807) is 14.0 Å². The lowest BCUT2D eigenvalue weighted by molar-refractivity contribution is 0.0520. The predicted molar refractivity (Wildman–Crippen MR) is 128 cm³/mol. The van der Waals surface area contributed by atoms with Crippen LogP contribution in [-0.2, 0) is 11.8 Å². The highest BCUT2D eigenvalue weighted by Crippen LogP contribution is 2.36. The lowest BCUT2D eigenvalue weighted by Gasteiger charge is -2.13. The fraction of sp³-hybridized carbons (Fsp3) is 0.154. The molecule has 0 amide bonds. The number of hydrogen-bond acceptors (Lipinski definition) is 5. The van der Waals surface area contributed by atoms with E-state index in [-0.39, 0.29) is 12.3 Å². The molecule has 6 heteroatoms. The third kappa shape index (κ3) is 3.21. The SMILES string of the molecule is CCOC(=O)c1cc2c(ccc3c4ccccc4n(C)c23)c(Nc2ccc(OC)cc2)n1. The molecule has 0 radical (unpaired) electrons. The Morgan fingerprint density at radius 1 is 0.969 bits per heavy atom. The van der Waals surface area contributed by atoms with E-state index in [9.17, 15) is 4.79 Å². The molecule has 2 heterocycles. The fourth-order valence-corrected chi connectivity index (χ4v) is 4.22. The predicted octanol–water partition coefficient (Wildman–Crippen LogP) is 5.81. The van der Waals surface area contributed by atoms with Crippen LogP contribution in [0, 0.1) is 0 Å². The van der Waals surface area contributed by atoms with E-state index < -0.39 is 5.97 Å². The van der Waals surface area contributed by atoms with Crippen LogP contribution in [0.1, 0.15) is 17.4 Å². The number of aromatic nitrogens is 2. The van der Waals surface area contributed by atoms with Crippen molar-refractivity contribution in [3.8, 4) is 5.75 Å². The van der Waals surface area contributed by atoms with E-state index in [1.807, 2.05) is 49.5 Å². The first kappa shape index (κ1) is 19.9. The molecule has 0 fully saturated rings. The number of fused-ring (bicyclic) bond motifs is 5. The molecule has 0 aliphatic carbocycles. The lowest BCUT2D eigenvalue weighted by atomic mass is 10.1. The zero-order chi connectivity index (χ0) is 22.2. The van der Waals surface area contributed by atoms with Crippen LogP contribution in [0.3, 0.4) is 0 Å². The Balaban J connectivity index is 1.77. The number of aryl methyl sites for hydroxylation is 1. The summed E-state index contributed by atoms with van der Waals surface area (Å²) in [5, 5.41) is 7.54. The number of hydrogen-bond donors (Lipinski definition) is 1. The summed E-state index contributed by atoms with van der Waals surface area (Å²) in [6.07, 6.45) is 0. The topological polar surface area (TPSA) is 65.4 Å². The van der Waals surface area contributed by atoms with E-state index in [1.165, 1.54) is 5.39 Å². The summed E-state index contributed by atoms with van der Waals surface area (Å²) >= 11 is 0. The average Bonchev–Trinajstić information content (AvgIpc) is 3.12. The second-order valence-electron chi connectivity index (χ2n) is 7.56. The fourth-order valence-electron chi connectivity index (χ4n) is 4.22. The number of methoxy groups -OCH3 is 1. The number of benzene rings is 3. The van der Waals surface area contributed by atoms with Crippen LogP contribution in [0.2, 0.25) is 0 Å². The monoisotopic (exact) mass is 425 g/mol. The van der Waals surface area contributed by atoms with E-state index in [4.69, 9.17) is 9.47 Å². The van der Waals surface area contributed by atoms with Gasteiger partial charge in [0, 0.05) is 39.8 Å². The molecule has 6 nitrogen and oxygen atoms in total. The zero-order valence-corrected chi connectivity index (χ0v) is 18.2. The summed E-state index contributed by atoms with van der Waals surface area (Å²) in [6.45, 7) is 2.08. The van der Waals surface area contributed by atoms with Crippen molar-refractivity contribution in [2.24, 2.45) is 7.05 Å². The molecule has 0 unspecified atom stereocenters. The Hall–Kier alpha value is -4.06. The van der Waals surface area contributed by atoms with Gasteiger partial charge in [0.25, 0.3) is 0 Å². The summed E-state index contributed by atoms with van der Waals surface area (Å²) < 4.78 is 12.7. The van der Waals surface area contributed by atoms with Gasteiger partial charge < -0.3 is 19.4 Å². The molecule has 3 aromatic carbocycles. The number of nitrogens with zero attached hydrogens (tertiary/aromatic N) is 2. The molecular formula is C26H23N3O3. The van der Waals surface area contributed by atoms with E-state index in [0.717, 1.165) is 38.6 Å². The van der Waals surface area contributed by atoms with Gasteiger partial charge in [-0.1, -0.05) is 24.3 Å². The Morgan fingerprint density at radius 2 is 1.72 bits per heavy atom. The van der Waals surface area contributed by atoms with E-state index in [2.05, 4.69) is 39.1 Å². The number of para-hydroxylation sites is 1. The van der Waals surface area contributed by atoms with Gasteiger partial charge in [0.15, 0.2) is 5.69 Å². The minimum atomic E-state index is -0.442. The number of pyridine rings is 1. The van der Waals surface area contributed by atoms with Crippen molar-refractivity contribution in [2.45, 2.75) is 6.92 Å². The first-order valence-electron chi connectivity index (χ1n) is 10.5.